The number of amides is 1. The fourth-order valence-electron chi connectivity index (χ4n) is 1.61. The second-order valence-electron chi connectivity index (χ2n) is 4.03. The van der Waals surface area contributed by atoms with E-state index < -0.39 is 0 Å². The maximum Gasteiger partial charge on any atom is 0.252 e. The van der Waals surface area contributed by atoms with Crippen LogP contribution in [0, 0.1) is 6.92 Å². The molecular weight excluding hydrogens is 344 g/mol. The van der Waals surface area contributed by atoms with Crippen molar-refractivity contribution >= 4 is 45.8 Å². The van der Waals surface area contributed by atoms with E-state index in [0.29, 0.717) is 12.1 Å². The maximum atomic E-state index is 12.0. The van der Waals surface area contributed by atoms with Crippen LogP contribution in [0.5, 0.6) is 0 Å². The van der Waals surface area contributed by atoms with Crippen molar-refractivity contribution in [1.82, 2.24) is 10.3 Å². The molecule has 1 N–H and O–H groups in total. The van der Waals surface area contributed by atoms with Crippen LogP contribution in [0.3, 0.4) is 0 Å². The Bertz CT molecular complexity index is 598. The Morgan fingerprint density at radius 2 is 2.32 bits per heavy atom. The predicted octanol–water partition coefficient (Wildman–Crippen LogP) is 3.48. The number of hydrogen-bond acceptors (Lipinski definition) is 4. The lowest BCUT2D eigenvalue weighted by Crippen LogP contribution is -2.26. The molecule has 2 aromatic rings. The molecule has 0 fully saturated rings. The van der Waals surface area contributed by atoms with Gasteiger partial charge in [-0.1, -0.05) is 0 Å². The van der Waals surface area contributed by atoms with Crippen LogP contribution < -0.4 is 5.32 Å². The highest BCUT2D eigenvalue weighted by molar-refractivity contribution is 9.10. The van der Waals surface area contributed by atoms with Gasteiger partial charge in [0.25, 0.3) is 5.91 Å². The summed E-state index contributed by atoms with van der Waals surface area (Å²) in [6.07, 6.45) is 0.744. The molecular formula is C13H13BrN2OS2. The van der Waals surface area contributed by atoms with Gasteiger partial charge in [0.15, 0.2) is 0 Å². The fraction of sp³-hybridized carbons (Fsp3) is 0.231. The van der Waals surface area contributed by atoms with E-state index in [0.717, 1.165) is 26.5 Å². The summed E-state index contributed by atoms with van der Waals surface area (Å²) in [6.45, 7) is 2.55. The summed E-state index contributed by atoms with van der Waals surface area (Å²) in [5.74, 6) is -0.102. The number of aryl methyl sites for hydroxylation is 1. The van der Waals surface area contributed by atoms with Crippen LogP contribution >= 0.6 is 39.9 Å². The highest BCUT2D eigenvalue weighted by Gasteiger charge is 2.10. The molecule has 0 aliphatic heterocycles. The zero-order chi connectivity index (χ0) is 13.8. The lowest BCUT2D eigenvalue weighted by molar-refractivity contribution is 0.0953. The zero-order valence-corrected chi connectivity index (χ0v) is 13.6. The summed E-state index contributed by atoms with van der Waals surface area (Å²) in [4.78, 5) is 17.1. The summed E-state index contributed by atoms with van der Waals surface area (Å²) < 4.78 is 0.771. The van der Waals surface area contributed by atoms with Gasteiger partial charge in [-0.25, -0.2) is 4.98 Å². The molecule has 100 valence electrons. The molecule has 0 spiro atoms. The minimum Gasteiger partial charge on any atom is -0.352 e. The molecule has 1 aromatic heterocycles. The normalized spacial score (nSPS) is 10.5. The van der Waals surface area contributed by atoms with Crippen molar-refractivity contribution in [2.45, 2.75) is 18.2 Å². The highest BCUT2D eigenvalue weighted by atomic mass is 79.9. The SMILES string of the molecule is Cc1nc(CCNC(=O)c2cc(S)ccc2Br)cs1. The van der Waals surface area contributed by atoms with Gasteiger partial charge in [0.2, 0.25) is 0 Å². The van der Waals surface area contributed by atoms with Crippen LogP contribution in [0.25, 0.3) is 0 Å². The lowest BCUT2D eigenvalue weighted by Gasteiger charge is -2.06. The number of rotatable bonds is 4. The highest BCUT2D eigenvalue weighted by Crippen LogP contribution is 2.20. The molecule has 6 heteroatoms. The second kappa shape index (κ2) is 6.54. The number of thiol groups is 1. The van der Waals surface area contributed by atoms with E-state index in [-0.39, 0.29) is 5.91 Å². The third-order valence-electron chi connectivity index (χ3n) is 2.53. The molecule has 0 saturated heterocycles. The van der Waals surface area contributed by atoms with Gasteiger partial charge in [-0.2, -0.15) is 0 Å². The number of carbonyl (C=O) groups is 1. The first kappa shape index (κ1) is 14.6. The van der Waals surface area contributed by atoms with Gasteiger partial charge in [-0.05, 0) is 41.1 Å². The summed E-state index contributed by atoms with van der Waals surface area (Å²) in [5, 5.41) is 5.95. The average Bonchev–Trinajstić information content (AvgIpc) is 2.78. The average molecular weight is 357 g/mol. The van der Waals surface area contributed by atoms with E-state index in [1.807, 2.05) is 24.4 Å². The van der Waals surface area contributed by atoms with Gasteiger partial charge in [-0.3, -0.25) is 4.79 Å². The summed E-state index contributed by atoms with van der Waals surface area (Å²) in [5.41, 5.74) is 1.62. The number of halogens is 1. The van der Waals surface area contributed by atoms with Crippen molar-refractivity contribution in [3.8, 4) is 0 Å². The van der Waals surface area contributed by atoms with Gasteiger partial charge in [0.05, 0.1) is 16.3 Å². The van der Waals surface area contributed by atoms with Crippen molar-refractivity contribution in [3.05, 3.63) is 44.3 Å². The van der Waals surface area contributed by atoms with Crippen LogP contribution in [0.1, 0.15) is 21.1 Å². The van der Waals surface area contributed by atoms with E-state index in [1.54, 1.807) is 17.4 Å². The summed E-state index contributed by atoms with van der Waals surface area (Å²) in [6, 6.07) is 5.40. The van der Waals surface area contributed by atoms with Gasteiger partial charge in [0.1, 0.15) is 0 Å². The summed E-state index contributed by atoms with van der Waals surface area (Å²) in [7, 11) is 0. The largest absolute Gasteiger partial charge is 0.352 e. The number of hydrogen-bond donors (Lipinski definition) is 2. The van der Waals surface area contributed by atoms with Gasteiger partial charge in [-0.15, -0.1) is 24.0 Å². The Kier molecular flexibility index (Phi) is 5.01. The molecule has 1 heterocycles. The Balaban J connectivity index is 1.92. The first-order chi connectivity index (χ1) is 9.06. The van der Waals surface area contributed by atoms with Crippen molar-refractivity contribution in [2.75, 3.05) is 6.54 Å². The van der Waals surface area contributed by atoms with E-state index in [9.17, 15) is 4.79 Å². The number of nitrogens with zero attached hydrogens (tertiary/aromatic N) is 1. The Morgan fingerprint density at radius 3 is 3.00 bits per heavy atom. The molecule has 0 unspecified atom stereocenters. The van der Waals surface area contributed by atoms with Crippen LogP contribution in [0.2, 0.25) is 0 Å². The third-order valence-corrected chi connectivity index (χ3v) is 4.32. The quantitative estimate of drug-likeness (QED) is 0.823. The lowest BCUT2D eigenvalue weighted by atomic mass is 10.2. The van der Waals surface area contributed by atoms with Gasteiger partial charge >= 0.3 is 0 Å². The number of carbonyl (C=O) groups excluding carboxylic acids is 1. The first-order valence-electron chi connectivity index (χ1n) is 5.74. The van der Waals surface area contributed by atoms with E-state index >= 15 is 0 Å². The molecule has 1 aromatic carbocycles. The smallest absolute Gasteiger partial charge is 0.252 e. The molecule has 0 bridgehead atoms. The molecule has 1 amide bonds. The van der Waals surface area contributed by atoms with E-state index in [1.165, 1.54) is 0 Å². The zero-order valence-electron chi connectivity index (χ0n) is 10.3. The monoisotopic (exact) mass is 356 g/mol. The van der Waals surface area contributed by atoms with Gasteiger partial charge in [0, 0.05) is 27.7 Å². The Hall–Kier alpha value is -0.850. The molecule has 2 rings (SSSR count). The number of thiazole rings is 1. The molecule has 0 atom stereocenters. The van der Waals surface area contributed by atoms with Gasteiger partial charge < -0.3 is 5.32 Å². The van der Waals surface area contributed by atoms with Crippen molar-refractivity contribution in [2.24, 2.45) is 0 Å². The fourth-order valence-corrected chi connectivity index (χ4v) is 2.89. The topological polar surface area (TPSA) is 42.0 Å². The van der Waals surface area contributed by atoms with E-state index in [2.05, 4.69) is 38.9 Å². The standard InChI is InChI=1S/C13H13BrN2OS2/c1-8-16-9(7-19-8)4-5-15-13(17)11-6-10(18)2-3-12(11)14/h2-3,6-7,18H,4-5H2,1H3,(H,15,17). The van der Waals surface area contributed by atoms with Crippen LogP contribution in [-0.2, 0) is 6.42 Å². The number of benzene rings is 1. The minimum absolute atomic E-state index is 0.102. The second-order valence-corrected chi connectivity index (χ2v) is 6.46. The third kappa shape index (κ3) is 4.06. The Morgan fingerprint density at radius 1 is 1.53 bits per heavy atom. The molecule has 0 aliphatic rings. The molecule has 0 saturated carbocycles. The molecule has 0 radical (unpaired) electrons. The maximum absolute atomic E-state index is 12.0. The van der Waals surface area contributed by atoms with Crippen LogP contribution in [0.4, 0.5) is 0 Å². The van der Waals surface area contributed by atoms with Crippen molar-refractivity contribution < 1.29 is 4.79 Å². The van der Waals surface area contributed by atoms with Crippen LogP contribution in [0.15, 0.2) is 32.9 Å². The molecule has 0 aliphatic carbocycles. The van der Waals surface area contributed by atoms with Crippen LogP contribution in [-0.4, -0.2) is 17.4 Å². The first-order valence-corrected chi connectivity index (χ1v) is 7.86. The van der Waals surface area contributed by atoms with E-state index in [4.69, 9.17) is 0 Å². The molecule has 3 nitrogen and oxygen atoms in total. The van der Waals surface area contributed by atoms with Crippen molar-refractivity contribution in [3.63, 3.8) is 0 Å². The minimum atomic E-state index is -0.102. The Labute approximate surface area is 130 Å². The summed E-state index contributed by atoms with van der Waals surface area (Å²) >= 11 is 9.23. The number of nitrogens with one attached hydrogen (secondary N) is 1. The number of aromatic nitrogens is 1. The predicted molar refractivity (Wildman–Crippen MR) is 84.3 cm³/mol. The van der Waals surface area contributed by atoms with Crippen molar-refractivity contribution in [1.29, 1.82) is 0 Å². The molecule has 19 heavy (non-hydrogen) atoms.